The first-order chi connectivity index (χ1) is 13.5. The van der Waals surface area contributed by atoms with Crippen molar-refractivity contribution < 1.29 is 17.7 Å². The van der Waals surface area contributed by atoms with Crippen LogP contribution in [0.1, 0.15) is 62.7 Å². The summed E-state index contributed by atoms with van der Waals surface area (Å²) >= 11 is 0. The van der Waals surface area contributed by atoms with Gasteiger partial charge in [0.1, 0.15) is 6.10 Å². The third-order valence-corrected chi connectivity index (χ3v) is 6.37. The van der Waals surface area contributed by atoms with Crippen molar-refractivity contribution in [3.63, 3.8) is 0 Å². The van der Waals surface area contributed by atoms with Crippen molar-refractivity contribution in [2.24, 2.45) is 5.92 Å². The third kappa shape index (κ3) is 7.04. The van der Waals surface area contributed by atoms with Crippen LogP contribution < -0.4 is 0 Å². The molecule has 2 rings (SSSR count). The van der Waals surface area contributed by atoms with E-state index in [4.69, 9.17) is 4.18 Å². The number of aryl methyl sites for hydroxylation is 1. The fraction of sp³-hybridized carbons (Fsp3) is 0.478. The summed E-state index contributed by atoms with van der Waals surface area (Å²) in [5, 5.41) is 9.69. The zero-order valence-corrected chi connectivity index (χ0v) is 17.7. The van der Waals surface area contributed by atoms with E-state index in [0.29, 0.717) is 6.42 Å². The highest BCUT2D eigenvalue weighted by atomic mass is 32.2. The maximum absolute atomic E-state index is 12.8. The topological polar surface area (TPSA) is 63.6 Å². The van der Waals surface area contributed by atoms with E-state index in [1.165, 1.54) is 0 Å². The van der Waals surface area contributed by atoms with E-state index in [-0.39, 0.29) is 17.4 Å². The lowest BCUT2D eigenvalue weighted by molar-refractivity contribution is 0.161. The molecule has 0 bridgehead atoms. The Bertz CT molecular complexity index is 785. The van der Waals surface area contributed by atoms with Crippen LogP contribution >= 0.6 is 0 Å². The van der Waals surface area contributed by atoms with Gasteiger partial charge >= 0.3 is 0 Å². The van der Waals surface area contributed by atoms with Gasteiger partial charge in [-0.25, -0.2) is 0 Å². The Balaban J connectivity index is 2.12. The van der Waals surface area contributed by atoms with E-state index in [2.05, 4.69) is 6.92 Å². The van der Waals surface area contributed by atoms with Crippen molar-refractivity contribution in [3.8, 4) is 0 Å². The predicted molar refractivity (Wildman–Crippen MR) is 113 cm³/mol. The molecule has 2 aromatic rings. The van der Waals surface area contributed by atoms with Gasteiger partial charge in [0.2, 0.25) is 0 Å². The van der Waals surface area contributed by atoms with Crippen molar-refractivity contribution in [1.29, 1.82) is 0 Å². The maximum atomic E-state index is 12.8. The molecule has 0 spiro atoms. The van der Waals surface area contributed by atoms with E-state index in [1.54, 1.807) is 24.3 Å². The van der Waals surface area contributed by atoms with Gasteiger partial charge in [-0.2, -0.15) is 8.42 Å². The molecule has 5 heteroatoms. The molecule has 0 heterocycles. The Hall–Kier alpha value is -1.69. The zero-order valence-electron chi connectivity index (χ0n) is 16.9. The number of benzene rings is 2. The zero-order chi connectivity index (χ0) is 20.4. The molecule has 0 radical (unpaired) electrons. The quantitative estimate of drug-likeness (QED) is 0.379. The molecule has 0 fully saturated rings. The molecule has 4 nitrogen and oxygen atoms in total. The molecule has 0 aromatic heterocycles. The SMILES string of the molecule is CCCCCC(CO)CCC(OS(=O)(=O)c1ccc(C)cc1)c1ccccc1. The lowest BCUT2D eigenvalue weighted by Crippen LogP contribution is -2.15. The highest BCUT2D eigenvalue weighted by Gasteiger charge is 2.24. The van der Waals surface area contributed by atoms with Crippen LogP contribution in [0.25, 0.3) is 0 Å². The van der Waals surface area contributed by atoms with E-state index >= 15 is 0 Å². The van der Waals surface area contributed by atoms with Crippen LogP contribution in [0, 0.1) is 12.8 Å². The van der Waals surface area contributed by atoms with Gasteiger partial charge in [-0.15, -0.1) is 0 Å². The second kappa shape index (κ2) is 11.3. The monoisotopic (exact) mass is 404 g/mol. The van der Waals surface area contributed by atoms with Crippen LogP contribution in [0.3, 0.4) is 0 Å². The van der Waals surface area contributed by atoms with Crippen molar-refractivity contribution in [3.05, 3.63) is 65.7 Å². The molecule has 1 N–H and O–H groups in total. The van der Waals surface area contributed by atoms with Gasteiger partial charge < -0.3 is 5.11 Å². The molecule has 0 aliphatic heterocycles. The van der Waals surface area contributed by atoms with Crippen LogP contribution in [0.15, 0.2) is 59.5 Å². The Morgan fingerprint density at radius 2 is 1.61 bits per heavy atom. The molecular weight excluding hydrogens is 372 g/mol. The Morgan fingerprint density at radius 1 is 0.929 bits per heavy atom. The second-order valence-corrected chi connectivity index (χ2v) is 8.96. The van der Waals surface area contributed by atoms with E-state index < -0.39 is 16.2 Å². The van der Waals surface area contributed by atoms with E-state index in [9.17, 15) is 13.5 Å². The number of aliphatic hydroxyl groups is 1. The van der Waals surface area contributed by atoms with Crippen molar-refractivity contribution in [2.75, 3.05) is 6.61 Å². The summed E-state index contributed by atoms with van der Waals surface area (Å²) in [6, 6.07) is 16.1. The average Bonchev–Trinajstić information content (AvgIpc) is 2.70. The number of hydrogen-bond acceptors (Lipinski definition) is 4. The van der Waals surface area contributed by atoms with Crippen molar-refractivity contribution in [1.82, 2.24) is 0 Å². The van der Waals surface area contributed by atoms with Crippen molar-refractivity contribution in [2.45, 2.75) is 63.4 Å². The van der Waals surface area contributed by atoms with Crippen LogP contribution in [-0.2, 0) is 14.3 Å². The van der Waals surface area contributed by atoms with E-state index in [1.807, 2.05) is 37.3 Å². The number of hydrogen-bond donors (Lipinski definition) is 1. The molecule has 0 saturated heterocycles. The van der Waals surface area contributed by atoms with Crippen LogP contribution in [0.2, 0.25) is 0 Å². The molecule has 2 atom stereocenters. The smallest absolute Gasteiger partial charge is 0.297 e. The molecule has 0 aliphatic carbocycles. The second-order valence-electron chi connectivity index (χ2n) is 7.38. The van der Waals surface area contributed by atoms with Gasteiger partial charge in [0, 0.05) is 6.61 Å². The summed E-state index contributed by atoms with van der Waals surface area (Å²) in [4.78, 5) is 0.167. The fourth-order valence-corrected chi connectivity index (χ4v) is 4.34. The minimum absolute atomic E-state index is 0.121. The lowest BCUT2D eigenvalue weighted by atomic mass is 9.94. The first-order valence-corrected chi connectivity index (χ1v) is 11.5. The fourth-order valence-electron chi connectivity index (χ4n) is 3.25. The maximum Gasteiger partial charge on any atom is 0.297 e. The first kappa shape index (κ1) is 22.6. The summed E-state index contributed by atoms with van der Waals surface area (Å²) in [6.45, 7) is 4.19. The van der Waals surface area contributed by atoms with Crippen LogP contribution in [0.5, 0.6) is 0 Å². The summed E-state index contributed by atoms with van der Waals surface area (Å²) < 4.78 is 31.2. The van der Waals surface area contributed by atoms with E-state index in [0.717, 1.165) is 43.2 Å². The largest absolute Gasteiger partial charge is 0.396 e. The summed E-state index contributed by atoms with van der Waals surface area (Å²) in [7, 11) is -3.86. The number of rotatable bonds is 12. The van der Waals surface area contributed by atoms with Crippen LogP contribution in [-0.4, -0.2) is 20.1 Å². The molecule has 0 aliphatic rings. The molecule has 0 saturated carbocycles. The van der Waals surface area contributed by atoms with Gasteiger partial charge in [0.05, 0.1) is 4.90 Å². The summed E-state index contributed by atoms with van der Waals surface area (Å²) in [5.74, 6) is 0.170. The molecule has 154 valence electrons. The summed E-state index contributed by atoms with van der Waals surface area (Å²) in [5.41, 5.74) is 1.83. The summed E-state index contributed by atoms with van der Waals surface area (Å²) in [6.07, 6.45) is 5.04. The molecule has 2 aromatic carbocycles. The minimum atomic E-state index is -3.86. The molecule has 0 amide bonds. The van der Waals surface area contributed by atoms with Gasteiger partial charge in [-0.05, 0) is 49.8 Å². The molecule has 28 heavy (non-hydrogen) atoms. The Kier molecular flexibility index (Phi) is 9.16. The van der Waals surface area contributed by atoms with Gasteiger partial charge in [0.15, 0.2) is 0 Å². The number of unbranched alkanes of at least 4 members (excludes halogenated alkanes) is 2. The highest BCUT2D eigenvalue weighted by molar-refractivity contribution is 7.86. The minimum Gasteiger partial charge on any atom is -0.396 e. The lowest BCUT2D eigenvalue weighted by Gasteiger charge is -2.21. The molecular formula is C23H32O4S. The van der Waals surface area contributed by atoms with Crippen molar-refractivity contribution >= 4 is 10.1 Å². The van der Waals surface area contributed by atoms with Crippen LogP contribution in [0.4, 0.5) is 0 Å². The standard InChI is InChI=1S/C23H32O4S/c1-3-4-6-9-20(18-24)14-17-23(21-10-7-5-8-11-21)27-28(25,26)22-15-12-19(2)13-16-22/h5,7-8,10-13,15-16,20,23-24H,3-4,6,9,14,17-18H2,1-2H3. The third-order valence-electron chi connectivity index (χ3n) is 5.04. The Labute approximate surface area is 169 Å². The molecule has 2 unspecified atom stereocenters. The van der Waals surface area contributed by atoms with Gasteiger partial charge in [0.25, 0.3) is 10.1 Å². The van der Waals surface area contributed by atoms with Gasteiger partial charge in [-0.1, -0.05) is 74.2 Å². The van der Waals surface area contributed by atoms with Gasteiger partial charge in [-0.3, -0.25) is 4.18 Å². The first-order valence-electron chi connectivity index (χ1n) is 10.1. The Morgan fingerprint density at radius 3 is 2.21 bits per heavy atom. The predicted octanol–water partition coefficient (Wildman–Crippen LogP) is 5.41. The average molecular weight is 405 g/mol. The highest BCUT2D eigenvalue weighted by Crippen LogP contribution is 2.30. The number of aliphatic hydroxyl groups excluding tert-OH is 1. The normalized spacial score (nSPS) is 14.0.